The molecule has 0 saturated heterocycles. The molecule has 2 aromatic carbocycles. The average molecular weight is 571 g/mol. The number of ether oxygens (including phenoxy) is 2. The van der Waals surface area contributed by atoms with Crippen molar-refractivity contribution in [1.29, 1.82) is 0 Å². The summed E-state index contributed by atoms with van der Waals surface area (Å²) in [6, 6.07) is 15.9. The Morgan fingerprint density at radius 1 is 1.14 bits per heavy atom. The van der Waals surface area contributed by atoms with Gasteiger partial charge >= 0.3 is 0 Å². The standard InChI is InChI=1S/C25H21BrClN5O2S/c26-18-5-2-1-4-17(18)23-33-12-19(34-23)35-24-30-20-21(28)29-14-32(22(20)31-24)13-25(10-3-11-25)15-6-8-16(27)9-7-15/h1-2,4-9,12,14,23H,3,10-11,13,28H2. The number of rotatable bonds is 6. The third-order valence-electron chi connectivity index (χ3n) is 6.57. The molecule has 0 spiro atoms. The average Bonchev–Trinajstić information content (AvgIpc) is 3.47. The molecule has 4 aliphatic rings. The molecule has 1 saturated carbocycles. The van der Waals surface area contributed by atoms with Crippen molar-refractivity contribution >= 4 is 45.1 Å². The van der Waals surface area contributed by atoms with E-state index in [1.807, 2.05) is 36.4 Å². The number of aromatic nitrogens is 4. The lowest BCUT2D eigenvalue weighted by Gasteiger charge is -2.43. The molecular weight excluding hydrogens is 550 g/mol. The monoisotopic (exact) mass is 569 g/mol. The zero-order chi connectivity index (χ0) is 24.0. The number of nitrogen functional groups attached to an aromatic ring is 1. The maximum absolute atomic E-state index is 6.17. The first-order chi connectivity index (χ1) is 17.0. The number of nitrogens with zero attached hydrogens (tertiary/aromatic N) is 4. The van der Waals surface area contributed by atoms with Crippen molar-refractivity contribution in [2.75, 3.05) is 5.73 Å². The fraction of sp³-hybridized carbons (Fsp3) is 0.240. The molecule has 3 aliphatic heterocycles. The molecule has 10 heteroatoms. The number of benzene rings is 2. The Morgan fingerprint density at radius 2 is 1.94 bits per heavy atom. The predicted molar refractivity (Wildman–Crippen MR) is 139 cm³/mol. The van der Waals surface area contributed by atoms with E-state index < -0.39 is 6.29 Å². The van der Waals surface area contributed by atoms with Crippen LogP contribution in [0.3, 0.4) is 0 Å². The Morgan fingerprint density at radius 3 is 2.69 bits per heavy atom. The van der Waals surface area contributed by atoms with Crippen molar-refractivity contribution < 1.29 is 9.47 Å². The van der Waals surface area contributed by atoms with E-state index in [0.29, 0.717) is 27.6 Å². The Hall–Kier alpha value is -2.75. The van der Waals surface area contributed by atoms with E-state index >= 15 is 0 Å². The zero-order valence-electron chi connectivity index (χ0n) is 18.5. The first kappa shape index (κ1) is 22.7. The molecule has 1 atom stereocenters. The van der Waals surface area contributed by atoms with Crippen molar-refractivity contribution in [3.63, 3.8) is 0 Å². The van der Waals surface area contributed by atoms with E-state index in [0.717, 1.165) is 34.4 Å². The smallest absolute Gasteiger partial charge is 0.268 e. The molecule has 1 unspecified atom stereocenters. The second kappa shape index (κ2) is 9.04. The highest BCUT2D eigenvalue weighted by molar-refractivity contribution is 9.10. The second-order valence-electron chi connectivity index (χ2n) is 8.72. The maximum Gasteiger partial charge on any atom is 0.268 e. The molecule has 6 rings (SSSR count). The van der Waals surface area contributed by atoms with Gasteiger partial charge in [0.15, 0.2) is 22.5 Å². The summed E-state index contributed by atoms with van der Waals surface area (Å²) in [6.07, 6.45) is 6.21. The Labute approximate surface area is 220 Å². The largest absolute Gasteiger partial charge is 0.454 e. The van der Waals surface area contributed by atoms with Crippen molar-refractivity contribution in [1.82, 2.24) is 19.5 Å². The summed E-state index contributed by atoms with van der Waals surface area (Å²) in [5.41, 5.74) is 8.97. The molecule has 35 heavy (non-hydrogen) atoms. The first-order valence-corrected chi connectivity index (χ1v) is 13.2. The summed E-state index contributed by atoms with van der Waals surface area (Å²) < 4.78 is 14.7. The van der Waals surface area contributed by atoms with E-state index in [1.54, 1.807) is 12.6 Å². The highest BCUT2D eigenvalue weighted by atomic mass is 79.9. The lowest BCUT2D eigenvalue weighted by atomic mass is 9.64. The van der Waals surface area contributed by atoms with Crippen LogP contribution in [0.15, 0.2) is 75.8 Å². The van der Waals surface area contributed by atoms with Crippen LogP contribution in [0.1, 0.15) is 36.7 Å². The molecule has 0 aromatic heterocycles. The van der Waals surface area contributed by atoms with Gasteiger partial charge in [-0.1, -0.05) is 64.3 Å². The molecule has 0 bridgehead atoms. The lowest BCUT2D eigenvalue weighted by Crippen LogP contribution is -2.39. The predicted octanol–water partition coefficient (Wildman–Crippen LogP) is 6.53. The van der Waals surface area contributed by atoms with Crippen LogP contribution in [0, 0.1) is 0 Å². The maximum atomic E-state index is 6.17. The Kier molecular flexibility index (Phi) is 5.86. The van der Waals surface area contributed by atoms with Gasteiger partial charge in [0.05, 0.1) is 6.33 Å². The molecule has 1 fully saturated rings. The van der Waals surface area contributed by atoms with Crippen LogP contribution in [0.4, 0.5) is 5.82 Å². The number of thioether (sulfide) groups is 1. The lowest BCUT2D eigenvalue weighted by molar-refractivity contribution is -0.0278. The van der Waals surface area contributed by atoms with Gasteiger partial charge in [0.2, 0.25) is 5.09 Å². The van der Waals surface area contributed by atoms with Crippen molar-refractivity contribution in [2.24, 2.45) is 0 Å². The highest BCUT2D eigenvalue weighted by Gasteiger charge is 2.40. The molecule has 0 radical (unpaired) electrons. The van der Waals surface area contributed by atoms with Crippen LogP contribution in [-0.4, -0.2) is 19.5 Å². The zero-order valence-corrected chi connectivity index (χ0v) is 21.7. The highest BCUT2D eigenvalue weighted by Crippen LogP contribution is 2.46. The number of halogens is 2. The van der Waals surface area contributed by atoms with Crippen LogP contribution >= 0.6 is 39.3 Å². The van der Waals surface area contributed by atoms with Gasteiger partial charge in [-0.05, 0) is 48.4 Å². The molecule has 7 nitrogen and oxygen atoms in total. The van der Waals surface area contributed by atoms with Gasteiger partial charge in [-0.2, -0.15) is 0 Å². The third-order valence-corrected chi connectivity index (χ3v) is 8.31. The van der Waals surface area contributed by atoms with Crippen LogP contribution in [0.2, 0.25) is 5.02 Å². The van der Waals surface area contributed by atoms with Crippen molar-refractivity contribution in [3.8, 4) is 11.5 Å². The van der Waals surface area contributed by atoms with Gasteiger partial charge in [0.25, 0.3) is 6.29 Å². The van der Waals surface area contributed by atoms with E-state index in [4.69, 9.17) is 31.8 Å². The molecule has 1 aliphatic carbocycles. The topological polar surface area (TPSA) is 88.1 Å². The van der Waals surface area contributed by atoms with Gasteiger partial charge in [-0.3, -0.25) is 0 Å². The number of imidazole rings is 1. The fourth-order valence-corrected chi connectivity index (χ4v) is 5.87. The third kappa shape index (κ3) is 4.26. The quantitative estimate of drug-likeness (QED) is 0.282. The number of hydrogen-bond acceptors (Lipinski definition) is 7. The van der Waals surface area contributed by atoms with Gasteiger partial charge in [0, 0.05) is 27.0 Å². The van der Waals surface area contributed by atoms with Gasteiger partial charge in [0.1, 0.15) is 6.26 Å². The Balaban J connectivity index is 1.24. The number of fused-ring (bicyclic) bond motifs is 1. The summed E-state index contributed by atoms with van der Waals surface area (Å²) >= 11 is 11.0. The van der Waals surface area contributed by atoms with Gasteiger partial charge in [-0.15, -0.1) is 0 Å². The van der Waals surface area contributed by atoms with Crippen molar-refractivity contribution in [3.05, 3.63) is 86.8 Å². The molecule has 3 heterocycles. The minimum Gasteiger partial charge on any atom is -0.454 e. The summed E-state index contributed by atoms with van der Waals surface area (Å²) in [5, 5.41) is 1.85. The van der Waals surface area contributed by atoms with Gasteiger partial charge < -0.3 is 19.8 Å². The molecular formula is C25H21BrClN5O2S. The second-order valence-corrected chi connectivity index (χ2v) is 11.0. The normalized spacial score (nSPS) is 18.6. The molecule has 2 N–H and O–H groups in total. The van der Waals surface area contributed by atoms with Crippen molar-refractivity contribution in [2.45, 2.75) is 42.7 Å². The van der Waals surface area contributed by atoms with Crippen LogP contribution in [0.5, 0.6) is 0 Å². The van der Waals surface area contributed by atoms with Crippen LogP contribution < -0.4 is 5.73 Å². The van der Waals surface area contributed by atoms with Crippen LogP contribution in [-0.2, 0) is 21.4 Å². The summed E-state index contributed by atoms with van der Waals surface area (Å²) in [7, 11) is 0. The molecule has 2 aromatic rings. The summed E-state index contributed by atoms with van der Waals surface area (Å²) in [5.74, 6) is 1.07. The van der Waals surface area contributed by atoms with Gasteiger partial charge in [-0.25, -0.2) is 15.0 Å². The van der Waals surface area contributed by atoms with Crippen LogP contribution in [0.25, 0.3) is 11.5 Å². The SMILES string of the molecule is Nc1ncn(CC2(c3ccc(Cl)cc3)CCC2)c2nc(SC3=COC(c4ccccc4Br)O3)nc1-2. The summed E-state index contributed by atoms with van der Waals surface area (Å²) in [6.45, 7) is 0.744. The fourth-order valence-electron chi connectivity index (χ4n) is 4.59. The number of hydrogen-bond donors (Lipinski definition) is 1. The Bertz CT molecular complexity index is 1390. The van der Waals surface area contributed by atoms with E-state index in [2.05, 4.69) is 42.6 Å². The number of anilines is 1. The molecule has 0 amide bonds. The van der Waals surface area contributed by atoms with E-state index in [9.17, 15) is 0 Å². The summed E-state index contributed by atoms with van der Waals surface area (Å²) in [4.78, 5) is 13.8. The molecule has 178 valence electrons. The minimum absolute atomic E-state index is 0.0213. The minimum atomic E-state index is -0.521. The number of nitrogens with two attached hydrogens (primary N) is 1. The van der Waals surface area contributed by atoms with E-state index in [1.165, 1.54) is 23.7 Å². The van der Waals surface area contributed by atoms with E-state index in [-0.39, 0.29) is 5.41 Å². The first-order valence-electron chi connectivity index (χ1n) is 11.2.